The Morgan fingerprint density at radius 1 is 1.20 bits per heavy atom. The first-order chi connectivity index (χ1) is 9.42. The number of nitrogen functional groups attached to an aromatic ring is 1. The van der Waals surface area contributed by atoms with E-state index in [2.05, 4.69) is 37.9 Å². The Morgan fingerprint density at radius 2 is 1.85 bits per heavy atom. The van der Waals surface area contributed by atoms with Gasteiger partial charge < -0.3 is 10.5 Å². The molecule has 0 radical (unpaired) electrons. The maximum Gasteiger partial charge on any atom is 0.222 e. The molecule has 1 aromatic carbocycles. The number of hydrogen-bond donors (Lipinski definition) is 1. The van der Waals surface area contributed by atoms with E-state index in [0.29, 0.717) is 11.6 Å². The summed E-state index contributed by atoms with van der Waals surface area (Å²) in [6.07, 6.45) is 2.71. The number of nitrogens with two attached hydrogens (primary N) is 1. The molecule has 0 fully saturated rings. The van der Waals surface area contributed by atoms with Crippen LogP contribution < -0.4 is 10.5 Å². The summed E-state index contributed by atoms with van der Waals surface area (Å²) < 4.78 is 5.80. The highest BCUT2D eigenvalue weighted by molar-refractivity contribution is 5.43. The fourth-order valence-electron chi connectivity index (χ4n) is 1.98. The van der Waals surface area contributed by atoms with Crippen LogP contribution in [0.3, 0.4) is 0 Å². The summed E-state index contributed by atoms with van der Waals surface area (Å²) in [5, 5.41) is 0. The van der Waals surface area contributed by atoms with E-state index in [1.807, 2.05) is 25.1 Å². The summed E-state index contributed by atoms with van der Waals surface area (Å²) in [4.78, 5) is 4.21. The molecule has 106 valence electrons. The number of pyridine rings is 1. The number of hydrogen-bond acceptors (Lipinski definition) is 3. The molecular formula is C17H22N2O. The van der Waals surface area contributed by atoms with Gasteiger partial charge in [0.25, 0.3) is 0 Å². The number of anilines is 1. The van der Waals surface area contributed by atoms with E-state index in [1.54, 1.807) is 6.20 Å². The number of ether oxygens (including phenoxy) is 1. The standard InChI is InChI=1S/C17H22N2O/c1-5-17(3,4)13-6-8-15(9-7-13)20-16-12(2)10-14(18)11-19-16/h6-11H,5,18H2,1-4H3. The molecule has 1 aromatic heterocycles. The van der Waals surface area contributed by atoms with Crippen LogP contribution in [0.25, 0.3) is 0 Å². The molecule has 0 aliphatic carbocycles. The van der Waals surface area contributed by atoms with E-state index in [-0.39, 0.29) is 5.41 Å². The maximum absolute atomic E-state index is 5.80. The summed E-state index contributed by atoms with van der Waals surface area (Å²) in [7, 11) is 0. The van der Waals surface area contributed by atoms with Crippen LogP contribution in [0.2, 0.25) is 0 Å². The molecular weight excluding hydrogens is 248 g/mol. The van der Waals surface area contributed by atoms with Gasteiger partial charge in [0, 0.05) is 5.56 Å². The third kappa shape index (κ3) is 3.10. The minimum atomic E-state index is 0.188. The zero-order valence-corrected chi connectivity index (χ0v) is 12.6. The summed E-state index contributed by atoms with van der Waals surface area (Å²) in [6, 6.07) is 10.1. The van der Waals surface area contributed by atoms with Gasteiger partial charge in [0.05, 0.1) is 11.9 Å². The lowest BCUT2D eigenvalue weighted by atomic mass is 9.82. The Bertz CT molecular complexity index is 588. The van der Waals surface area contributed by atoms with Crippen molar-refractivity contribution in [3.8, 4) is 11.6 Å². The van der Waals surface area contributed by atoms with Crippen LogP contribution in [0, 0.1) is 6.92 Å². The van der Waals surface area contributed by atoms with Crippen molar-refractivity contribution >= 4 is 5.69 Å². The number of rotatable bonds is 4. The third-order valence-electron chi connectivity index (χ3n) is 3.79. The predicted octanol–water partition coefficient (Wildman–Crippen LogP) is 4.45. The van der Waals surface area contributed by atoms with Crippen LogP contribution >= 0.6 is 0 Å². The quantitative estimate of drug-likeness (QED) is 0.892. The van der Waals surface area contributed by atoms with E-state index in [0.717, 1.165) is 17.7 Å². The molecule has 3 heteroatoms. The van der Waals surface area contributed by atoms with Crippen molar-refractivity contribution in [2.45, 2.75) is 39.5 Å². The molecule has 0 bridgehead atoms. The number of nitrogens with zero attached hydrogens (tertiary/aromatic N) is 1. The molecule has 2 aromatic rings. The number of aromatic nitrogens is 1. The lowest BCUT2D eigenvalue weighted by Gasteiger charge is -2.23. The first-order valence-electron chi connectivity index (χ1n) is 6.93. The van der Waals surface area contributed by atoms with Crippen molar-refractivity contribution in [1.82, 2.24) is 4.98 Å². The van der Waals surface area contributed by atoms with E-state index in [1.165, 1.54) is 5.56 Å². The van der Waals surface area contributed by atoms with E-state index >= 15 is 0 Å². The molecule has 20 heavy (non-hydrogen) atoms. The van der Waals surface area contributed by atoms with Crippen LogP contribution in [-0.2, 0) is 5.41 Å². The van der Waals surface area contributed by atoms with Crippen molar-refractivity contribution in [3.63, 3.8) is 0 Å². The van der Waals surface area contributed by atoms with Crippen molar-refractivity contribution in [2.75, 3.05) is 5.73 Å². The monoisotopic (exact) mass is 270 g/mol. The van der Waals surface area contributed by atoms with Gasteiger partial charge in [-0.3, -0.25) is 0 Å². The Balaban J connectivity index is 2.19. The lowest BCUT2D eigenvalue weighted by molar-refractivity contribution is 0.457. The molecule has 2 N–H and O–H groups in total. The maximum atomic E-state index is 5.80. The van der Waals surface area contributed by atoms with Gasteiger partial charge in [-0.05, 0) is 42.5 Å². The molecule has 3 nitrogen and oxygen atoms in total. The van der Waals surface area contributed by atoms with Crippen molar-refractivity contribution in [1.29, 1.82) is 0 Å². The van der Waals surface area contributed by atoms with Crippen molar-refractivity contribution in [2.24, 2.45) is 0 Å². The van der Waals surface area contributed by atoms with Crippen LogP contribution in [-0.4, -0.2) is 4.98 Å². The SMILES string of the molecule is CCC(C)(C)c1ccc(Oc2ncc(N)cc2C)cc1. The average Bonchev–Trinajstić information content (AvgIpc) is 2.42. The Kier molecular flexibility index (Phi) is 3.98. The molecule has 0 aliphatic heterocycles. The Morgan fingerprint density at radius 3 is 2.40 bits per heavy atom. The molecule has 0 saturated carbocycles. The molecule has 1 heterocycles. The highest BCUT2D eigenvalue weighted by Crippen LogP contribution is 2.30. The van der Waals surface area contributed by atoms with Gasteiger partial charge in [-0.15, -0.1) is 0 Å². The van der Waals surface area contributed by atoms with Crippen LogP contribution in [0.15, 0.2) is 36.5 Å². The molecule has 0 unspecified atom stereocenters. The molecule has 0 aliphatic rings. The predicted molar refractivity (Wildman–Crippen MR) is 83.2 cm³/mol. The van der Waals surface area contributed by atoms with Gasteiger partial charge in [-0.1, -0.05) is 32.9 Å². The van der Waals surface area contributed by atoms with Crippen LogP contribution in [0.5, 0.6) is 11.6 Å². The van der Waals surface area contributed by atoms with E-state index in [4.69, 9.17) is 10.5 Å². The van der Waals surface area contributed by atoms with Gasteiger partial charge in [0.2, 0.25) is 5.88 Å². The summed E-state index contributed by atoms with van der Waals surface area (Å²) >= 11 is 0. The van der Waals surface area contributed by atoms with Gasteiger partial charge >= 0.3 is 0 Å². The van der Waals surface area contributed by atoms with Crippen molar-refractivity contribution in [3.05, 3.63) is 47.7 Å². The second-order valence-electron chi connectivity index (χ2n) is 5.75. The normalized spacial score (nSPS) is 11.4. The second kappa shape index (κ2) is 5.53. The third-order valence-corrected chi connectivity index (χ3v) is 3.79. The summed E-state index contributed by atoms with van der Waals surface area (Å²) in [6.45, 7) is 8.63. The number of benzene rings is 1. The fraction of sp³-hybridized carbons (Fsp3) is 0.353. The summed E-state index contributed by atoms with van der Waals surface area (Å²) in [5.74, 6) is 1.39. The molecule has 0 amide bonds. The molecule has 2 rings (SSSR count). The molecule has 0 saturated heterocycles. The largest absolute Gasteiger partial charge is 0.439 e. The zero-order valence-electron chi connectivity index (χ0n) is 12.6. The topological polar surface area (TPSA) is 48.1 Å². The van der Waals surface area contributed by atoms with Crippen LogP contribution in [0.4, 0.5) is 5.69 Å². The Hall–Kier alpha value is -2.03. The zero-order chi connectivity index (χ0) is 14.8. The number of aryl methyl sites for hydroxylation is 1. The van der Waals surface area contributed by atoms with Gasteiger partial charge in [0.1, 0.15) is 5.75 Å². The first-order valence-corrected chi connectivity index (χ1v) is 6.93. The lowest BCUT2D eigenvalue weighted by Crippen LogP contribution is -2.14. The fourth-order valence-corrected chi connectivity index (χ4v) is 1.98. The molecule has 0 spiro atoms. The van der Waals surface area contributed by atoms with E-state index < -0.39 is 0 Å². The minimum Gasteiger partial charge on any atom is -0.439 e. The molecule has 0 atom stereocenters. The highest BCUT2D eigenvalue weighted by atomic mass is 16.5. The van der Waals surface area contributed by atoms with Crippen molar-refractivity contribution < 1.29 is 4.74 Å². The first kappa shape index (κ1) is 14.4. The van der Waals surface area contributed by atoms with Gasteiger partial charge in [-0.25, -0.2) is 4.98 Å². The smallest absolute Gasteiger partial charge is 0.222 e. The van der Waals surface area contributed by atoms with Gasteiger partial charge in [0.15, 0.2) is 0 Å². The average molecular weight is 270 g/mol. The minimum absolute atomic E-state index is 0.188. The summed E-state index contributed by atoms with van der Waals surface area (Å²) in [5.41, 5.74) is 8.77. The Labute approximate surface area is 120 Å². The second-order valence-corrected chi connectivity index (χ2v) is 5.75. The highest BCUT2D eigenvalue weighted by Gasteiger charge is 2.17. The van der Waals surface area contributed by atoms with E-state index in [9.17, 15) is 0 Å². The van der Waals surface area contributed by atoms with Crippen LogP contribution in [0.1, 0.15) is 38.3 Å². The van der Waals surface area contributed by atoms with Gasteiger partial charge in [-0.2, -0.15) is 0 Å².